The Morgan fingerprint density at radius 1 is 0.852 bits per heavy atom. The zero-order chi connectivity index (χ0) is 18.6. The number of ether oxygens (including phenoxy) is 1. The number of rotatable bonds is 6. The van der Waals surface area contributed by atoms with Crippen LogP contribution in [0.25, 0.3) is 22.5 Å². The van der Waals surface area contributed by atoms with E-state index in [0.717, 1.165) is 11.3 Å². The molecule has 0 spiro atoms. The maximum Gasteiger partial charge on any atom is 0.163 e. The maximum atomic E-state index is 6.06. The molecule has 0 radical (unpaired) electrons. The largest absolute Gasteiger partial charge is 0.365 e. The van der Waals surface area contributed by atoms with Crippen molar-refractivity contribution in [2.24, 2.45) is 0 Å². The summed E-state index contributed by atoms with van der Waals surface area (Å²) >= 11 is 12.0. The highest BCUT2D eigenvalue weighted by atomic mass is 35.5. The second-order valence-electron chi connectivity index (χ2n) is 5.70. The van der Waals surface area contributed by atoms with Crippen LogP contribution in [0.4, 0.5) is 0 Å². The molecule has 1 aromatic carbocycles. The van der Waals surface area contributed by atoms with Crippen LogP contribution in [0, 0.1) is 0 Å². The maximum absolute atomic E-state index is 6.06. The molecule has 27 heavy (non-hydrogen) atoms. The van der Waals surface area contributed by atoms with Crippen molar-refractivity contribution in [3.63, 3.8) is 0 Å². The summed E-state index contributed by atoms with van der Waals surface area (Å²) in [4.78, 5) is 4.02. The third-order valence-electron chi connectivity index (χ3n) is 3.78. The lowest BCUT2D eigenvalue weighted by Gasteiger charge is -1.97. The first-order chi connectivity index (χ1) is 13.2. The van der Waals surface area contributed by atoms with Crippen LogP contribution in [0.2, 0.25) is 10.2 Å². The predicted octanol–water partition coefficient (Wildman–Crippen LogP) is 5.42. The van der Waals surface area contributed by atoms with Gasteiger partial charge in [0.1, 0.15) is 29.8 Å². The summed E-state index contributed by atoms with van der Waals surface area (Å²) in [6.45, 7) is 0.492. The van der Waals surface area contributed by atoms with Crippen molar-refractivity contribution in [3.8, 4) is 22.5 Å². The van der Waals surface area contributed by atoms with Crippen LogP contribution in [0.3, 0.4) is 0 Å². The summed E-state index contributed by atoms with van der Waals surface area (Å²) in [6.07, 6.45) is 1.62. The molecule has 0 saturated carbocycles. The second-order valence-corrected chi connectivity index (χ2v) is 6.49. The van der Waals surface area contributed by atoms with Crippen LogP contribution in [-0.4, -0.2) is 15.3 Å². The van der Waals surface area contributed by atoms with Crippen LogP contribution < -0.4 is 0 Å². The molecule has 3 aromatic heterocycles. The normalized spacial score (nSPS) is 11.0. The molecule has 6 nitrogen and oxygen atoms in total. The molecule has 3 heterocycles. The van der Waals surface area contributed by atoms with Crippen molar-refractivity contribution in [2.45, 2.75) is 13.2 Å². The van der Waals surface area contributed by atoms with Crippen LogP contribution in [-0.2, 0) is 18.0 Å². The molecule has 0 amide bonds. The van der Waals surface area contributed by atoms with Gasteiger partial charge in [-0.05, 0) is 24.3 Å². The van der Waals surface area contributed by atoms with Gasteiger partial charge in [-0.15, -0.1) is 0 Å². The van der Waals surface area contributed by atoms with Gasteiger partial charge in [-0.25, -0.2) is 4.98 Å². The van der Waals surface area contributed by atoms with E-state index >= 15 is 0 Å². The lowest BCUT2D eigenvalue weighted by Crippen LogP contribution is -1.91. The smallest absolute Gasteiger partial charge is 0.163 e. The molecule has 0 aliphatic heterocycles. The molecule has 0 unspecified atom stereocenters. The molecule has 0 aliphatic carbocycles. The van der Waals surface area contributed by atoms with Crippen molar-refractivity contribution in [1.29, 1.82) is 0 Å². The summed E-state index contributed by atoms with van der Waals surface area (Å²) in [5.74, 6) is 1.18. The highest BCUT2D eigenvalue weighted by Gasteiger charge is 2.11. The van der Waals surface area contributed by atoms with E-state index in [4.69, 9.17) is 37.0 Å². The van der Waals surface area contributed by atoms with Crippen LogP contribution in [0.1, 0.15) is 11.5 Å². The van der Waals surface area contributed by atoms with Gasteiger partial charge in [0.25, 0.3) is 0 Å². The van der Waals surface area contributed by atoms with Crippen LogP contribution >= 0.6 is 23.2 Å². The van der Waals surface area contributed by atoms with E-state index in [1.807, 2.05) is 24.3 Å². The Hall–Kier alpha value is -2.67. The molecule has 0 aliphatic rings. The molecular formula is C19H13Cl2N3O3. The van der Waals surface area contributed by atoms with E-state index in [-0.39, 0.29) is 13.2 Å². The second kappa shape index (κ2) is 7.92. The predicted molar refractivity (Wildman–Crippen MR) is 100 cm³/mol. The lowest BCUT2D eigenvalue weighted by molar-refractivity contribution is 0.0727. The molecule has 0 fully saturated rings. The van der Waals surface area contributed by atoms with E-state index in [2.05, 4.69) is 15.3 Å². The third kappa shape index (κ3) is 4.19. The molecule has 0 bridgehead atoms. The number of benzene rings is 1. The fourth-order valence-corrected chi connectivity index (χ4v) is 2.82. The molecular weight excluding hydrogens is 389 g/mol. The Bertz CT molecular complexity index is 1040. The fourth-order valence-electron chi connectivity index (χ4n) is 2.47. The minimum Gasteiger partial charge on any atom is -0.365 e. The molecule has 4 rings (SSSR count). The van der Waals surface area contributed by atoms with Crippen LogP contribution in [0.5, 0.6) is 0 Å². The topological polar surface area (TPSA) is 74.2 Å². The summed E-state index contributed by atoms with van der Waals surface area (Å²) in [5.41, 5.74) is 2.95. The summed E-state index contributed by atoms with van der Waals surface area (Å²) in [5, 5.41) is 9.08. The van der Waals surface area contributed by atoms with Gasteiger partial charge in [0.05, 0.1) is 0 Å². The number of halogens is 2. The summed E-state index contributed by atoms with van der Waals surface area (Å²) in [6, 6.07) is 14.6. The van der Waals surface area contributed by atoms with Crippen molar-refractivity contribution in [1.82, 2.24) is 15.3 Å². The van der Waals surface area contributed by atoms with Crippen molar-refractivity contribution >= 4 is 23.2 Å². The van der Waals surface area contributed by atoms with Crippen LogP contribution in [0.15, 0.2) is 63.8 Å². The lowest BCUT2D eigenvalue weighted by atomic mass is 10.1. The summed E-state index contributed by atoms with van der Waals surface area (Å²) in [7, 11) is 0. The Morgan fingerprint density at radius 2 is 1.52 bits per heavy atom. The standard InChI is InChI=1S/C19H13Cl2N3O3/c20-13-5-3-12(4-6-13)17-8-14(26-23-17)10-25-11-15-9-18(24-27-15)16-2-1-7-22-19(16)21/h1-9H,10-11H2. The molecule has 8 heteroatoms. The number of nitrogens with zero attached hydrogens (tertiary/aromatic N) is 3. The number of hydrogen-bond acceptors (Lipinski definition) is 6. The minimum absolute atomic E-state index is 0.238. The third-order valence-corrected chi connectivity index (χ3v) is 4.33. The van der Waals surface area contributed by atoms with E-state index in [9.17, 15) is 0 Å². The Morgan fingerprint density at radius 3 is 2.22 bits per heavy atom. The van der Waals surface area contributed by atoms with Crippen molar-refractivity contribution in [3.05, 3.63) is 76.4 Å². The Labute approximate surface area is 164 Å². The molecule has 4 aromatic rings. The van der Waals surface area contributed by atoms with Gasteiger partial charge in [-0.2, -0.15) is 0 Å². The average molecular weight is 402 g/mol. The molecule has 0 atom stereocenters. The Balaban J connectivity index is 1.35. The monoisotopic (exact) mass is 401 g/mol. The fraction of sp³-hybridized carbons (Fsp3) is 0.105. The van der Waals surface area contributed by atoms with Gasteiger partial charge in [-0.3, -0.25) is 0 Å². The number of hydrogen-bond donors (Lipinski definition) is 0. The van der Waals surface area contributed by atoms with Gasteiger partial charge in [0.15, 0.2) is 11.5 Å². The zero-order valence-electron chi connectivity index (χ0n) is 13.9. The first-order valence-corrected chi connectivity index (χ1v) is 8.80. The highest BCUT2D eigenvalue weighted by Crippen LogP contribution is 2.26. The van der Waals surface area contributed by atoms with Gasteiger partial charge < -0.3 is 13.8 Å². The molecule has 0 saturated heterocycles. The first-order valence-electron chi connectivity index (χ1n) is 8.05. The van der Waals surface area contributed by atoms with Gasteiger partial charge in [0, 0.05) is 34.5 Å². The molecule has 136 valence electrons. The Kier molecular flexibility index (Phi) is 5.20. The van der Waals surface area contributed by atoms with Gasteiger partial charge >= 0.3 is 0 Å². The van der Waals surface area contributed by atoms with Crippen molar-refractivity contribution in [2.75, 3.05) is 0 Å². The van der Waals surface area contributed by atoms with E-state index in [0.29, 0.717) is 33.0 Å². The van der Waals surface area contributed by atoms with Crippen molar-refractivity contribution < 1.29 is 13.8 Å². The minimum atomic E-state index is 0.238. The summed E-state index contributed by atoms with van der Waals surface area (Å²) < 4.78 is 16.2. The van der Waals surface area contributed by atoms with E-state index in [1.54, 1.807) is 30.5 Å². The van der Waals surface area contributed by atoms with Gasteiger partial charge in [-0.1, -0.05) is 45.6 Å². The molecule has 0 N–H and O–H groups in total. The zero-order valence-corrected chi connectivity index (χ0v) is 15.4. The van der Waals surface area contributed by atoms with E-state index in [1.165, 1.54) is 0 Å². The first kappa shape index (κ1) is 17.7. The quantitative estimate of drug-likeness (QED) is 0.401. The van der Waals surface area contributed by atoms with Gasteiger partial charge in [0.2, 0.25) is 0 Å². The number of pyridine rings is 1. The number of aromatic nitrogens is 3. The average Bonchev–Trinajstić information content (AvgIpc) is 3.33. The SMILES string of the molecule is Clc1ccc(-c2cc(COCc3cc(-c4cccnc4Cl)no3)on2)cc1. The highest BCUT2D eigenvalue weighted by molar-refractivity contribution is 6.32. The van der Waals surface area contributed by atoms with E-state index < -0.39 is 0 Å².